The van der Waals surface area contributed by atoms with Crippen molar-refractivity contribution in [2.75, 3.05) is 6.61 Å². The molecule has 7 nitrogen and oxygen atoms in total. The first-order valence-corrected chi connectivity index (χ1v) is 8.71. The first-order valence-electron chi connectivity index (χ1n) is 8.33. The highest BCUT2D eigenvalue weighted by Gasteiger charge is 2.06. The first-order chi connectivity index (χ1) is 12.9. The fraction of sp³-hybridized carbons (Fsp3) is 0.263. The Balaban J connectivity index is 1.76. The smallest absolute Gasteiger partial charge is 0.269 e. The Morgan fingerprint density at radius 1 is 1.26 bits per heavy atom. The molecule has 2 aromatic carbocycles. The molecule has 1 N–H and O–H groups in total. The number of halogens is 1. The van der Waals surface area contributed by atoms with E-state index < -0.39 is 4.92 Å². The minimum atomic E-state index is -0.467. The highest BCUT2D eigenvalue weighted by molar-refractivity contribution is 6.30. The van der Waals surface area contributed by atoms with E-state index in [0.717, 1.165) is 11.3 Å². The van der Waals surface area contributed by atoms with Gasteiger partial charge in [0.05, 0.1) is 17.2 Å². The third kappa shape index (κ3) is 6.38. The summed E-state index contributed by atoms with van der Waals surface area (Å²) in [6.45, 7) is 4.03. The molecule has 8 heteroatoms. The van der Waals surface area contributed by atoms with Crippen LogP contribution in [0.15, 0.2) is 47.6 Å². The van der Waals surface area contributed by atoms with E-state index in [2.05, 4.69) is 10.5 Å². The second-order valence-corrected chi connectivity index (χ2v) is 6.33. The minimum Gasteiger partial charge on any atom is -0.493 e. The van der Waals surface area contributed by atoms with Crippen LogP contribution in [0.3, 0.4) is 0 Å². The van der Waals surface area contributed by atoms with Gasteiger partial charge in [-0.25, -0.2) is 5.43 Å². The maximum absolute atomic E-state index is 11.9. The molecule has 2 rings (SSSR count). The van der Waals surface area contributed by atoms with E-state index in [4.69, 9.17) is 16.3 Å². The number of amides is 1. The number of nitrogens with zero attached hydrogens (tertiary/aromatic N) is 2. The van der Waals surface area contributed by atoms with Crippen molar-refractivity contribution in [2.45, 2.75) is 26.7 Å². The van der Waals surface area contributed by atoms with E-state index in [-0.39, 0.29) is 18.0 Å². The number of hydrogen-bond donors (Lipinski definition) is 1. The molecule has 0 unspecified atom stereocenters. The van der Waals surface area contributed by atoms with Gasteiger partial charge in [-0.15, -0.1) is 0 Å². The number of carbonyl (C=O) groups is 1. The molecule has 0 aliphatic carbocycles. The van der Waals surface area contributed by atoms with Crippen LogP contribution in [0.25, 0.3) is 0 Å². The second kappa shape index (κ2) is 9.68. The predicted molar refractivity (Wildman–Crippen MR) is 104 cm³/mol. The van der Waals surface area contributed by atoms with Crippen molar-refractivity contribution >= 4 is 28.9 Å². The summed E-state index contributed by atoms with van der Waals surface area (Å²) in [4.78, 5) is 22.0. The fourth-order valence-corrected chi connectivity index (χ4v) is 2.51. The molecule has 27 heavy (non-hydrogen) atoms. The number of non-ortho nitro benzene ring substituents is 1. The average molecular weight is 390 g/mol. The summed E-state index contributed by atoms with van der Waals surface area (Å²) in [5.74, 6) is 0.513. The van der Waals surface area contributed by atoms with Gasteiger partial charge in [-0.3, -0.25) is 14.9 Å². The molecule has 0 heterocycles. The number of ether oxygens (including phenoxy) is 1. The number of hydrogen-bond acceptors (Lipinski definition) is 5. The number of nitro groups is 1. The standard InChI is InChI=1S/C19H20ClN3O4/c1-13-12-16(20)7-10-18(13)27-11-3-4-19(24)22-21-14(2)15-5-8-17(9-6-15)23(25)26/h5-10,12H,3-4,11H2,1-2H3,(H,22,24). The second-order valence-electron chi connectivity index (χ2n) is 5.90. The average Bonchev–Trinajstić information content (AvgIpc) is 2.64. The molecule has 0 fully saturated rings. The van der Waals surface area contributed by atoms with Gasteiger partial charge in [0, 0.05) is 23.6 Å². The maximum Gasteiger partial charge on any atom is 0.269 e. The number of rotatable bonds is 8. The van der Waals surface area contributed by atoms with Gasteiger partial charge in [0.1, 0.15) is 5.75 Å². The van der Waals surface area contributed by atoms with Gasteiger partial charge in [-0.2, -0.15) is 5.10 Å². The Labute approximate surface area is 162 Å². The maximum atomic E-state index is 11.9. The highest BCUT2D eigenvalue weighted by atomic mass is 35.5. The van der Waals surface area contributed by atoms with E-state index in [1.165, 1.54) is 12.1 Å². The molecule has 0 aromatic heterocycles. The Bertz CT molecular complexity index is 851. The normalized spacial score (nSPS) is 11.1. The Kier molecular flexibility index (Phi) is 7.31. The minimum absolute atomic E-state index is 0.00603. The van der Waals surface area contributed by atoms with Crippen LogP contribution in [-0.4, -0.2) is 23.1 Å². The van der Waals surface area contributed by atoms with E-state index >= 15 is 0 Å². The summed E-state index contributed by atoms with van der Waals surface area (Å²) >= 11 is 5.90. The quantitative estimate of drug-likeness (QED) is 0.316. The van der Waals surface area contributed by atoms with Crippen LogP contribution in [0, 0.1) is 17.0 Å². The lowest BCUT2D eigenvalue weighted by molar-refractivity contribution is -0.384. The Morgan fingerprint density at radius 3 is 2.59 bits per heavy atom. The van der Waals surface area contributed by atoms with Crippen molar-refractivity contribution in [3.63, 3.8) is 0 Å². The number of nitrogens with one attached hydrogen (secondary N) is 1. The summed E-state index contributed by atoms with van der Waals surface area (Å²) in [6.07, 6.45) is 0.809. The van der Waals surface area contributed by atoms with Crippen LogP contribution in [0.4, 0.5) is 5.69 Å². The fourth-order valence-electron chi connectivity index (χ4n) is 2.28. The molecule has 0 aliphatic rings. The molecule has 0 aliphatic heterocycles. The zero-order valence-electron chi connectivity index (χ0n) is 15.1. The van der Waals surface area contributed by atoms with E-state index in [0.29, 0.717) is 29.3 Å². The molecular formula is C19H20ClN3O4. The summed E-state index contributed by atoms with van der Waals surface area (Å²) < 4.78 is 5.64. The topological polar surface area (TPSA) is 93.8 Å². The van der Waals surface area contributed by atoms with E-state index in [9.17, 15) is 14.9 Å². The molecule has 1 amide bonds. The molecule has 2 aromatic rings. The molecule has 0 saturated carbocycles. The lowest BCUT2D eigenvalue weighted by Gasteiger charge is -2.09. The first kappa shape index (κ1) is 20.4. The van der Waals surface area contributed by atoms with Gasteiger partial charge in [-0.05, 0) is 61.7 Å². The van der Waals surface area contributed by atoms with Gasteiger partial charge < -0.3 is 4.74 Å². The molecule has 0 atom stereocenters. The van der Waals surface area contributed by atoms with Gasteiger partial charge in [0.25, 0.3) is 5.69 Å². The van der Waals surface area contributed by atoms with Crippen LogP contribution in [0.5, 0.6) is 5.75 Å². The molecule has 0 bridgehead atoms. The van der Waals surface area contributed by atoms with Gasteiger partial charge in [0.2, 0.25) is 5.91 Å². The van der Waals surface area contributed by atoms with Crippen molar-refractivity contribution < 1.29 is 14.5 Å². The monoisotopic (exact) mass is 389 g/mol. The lowest BCUT2D eigenvalue weighted by Crippen LogP contribution is -2.19. The van der Waals surface area contributed by atoms with Gasteiger partial charge >= 0.3 is 0 Å². The Morgan fingerprint density at radius 2 is 1.96 bits per heavy atom. The van der Waals surface area contributed by atoms with Crippen LogP contribution >= 0.6 is 11.6 Å². The van der Waals surface area contributed by atoms with Crippen molar-refractivity contribution in [2.24, 2.45) is 5.10 Å². The molecule has 0 saturated heterocycles. The van der Waals surface area contributed by atoms with E-state index in [1.54, 1.807) is 31.2 Å². The number of nitro benzene ring substituents is 1. The highest BCUT2D eigenvalue weighted by Crippen LogP contribution is 2.21. The molecule has 142 valence electrons. The summed E-state index contributed by atoms with van der Waals surface area (Å²) in [5.41, 5.74) is 4.68. The predicted octanol–water partition coefficient (Wildman–Crippen LogP) is 4.26. The lowest BCUT2D eigenvalue weighted by atomic mass is 10.1. The van der Waals surface area contributed by atoms with Gasteiger partial charge in [0.15, 0.2) is 0 Å². The van der Waals surface area contributed by atoms with Crippen molar-refractivity contribution in [1.82, 2.24) is 5.43 Å². The summed E-state index contributed by atoms with van der Waals surface area (Å²) in [6, 6.07) is 11.3. The van der Waals surface area contributed by atoms with Crippen molar-refractivity contribution in [3.8, 4) is 5.75 Å². The summed E-state index contributed by atoms with van der Waals surface area (Å²) in [7, 11) is 0. The third-order valence-electron chi connectivity index (χ3n) is 3.79. The number of hydrazone groups is 1. The van der Waals surface area contributed by atoms with Crippen molar-refractivity contribution in [1.29, 1.82) is 0 Å². The van der Waals surface area contributed by atoms with Crippen LogP contribution in [0.2, 0.25) is 5.02 Å². The zero-order chi connectivity index (χ0) is 19.8. The van der Waals surface area contributed by atoms with Gasteiger partial charge in [-0.1, -0.05) is 11.6 Å². The number of carbonyl (C=O) groups excluding carboxylic acids is 1. The van der Waals surface area contributed by atoms with Crippen LogP contribution in [-0.2, 0) is 4.79 Å². The largest absolute Gasteiger partial charge is 0.493 e. The van der Waals surface area contributed by atoms with E-state index in [1.807, 2.05) is 13.0 Å². The molecule has 0 spiro atoms. The molecule has 0 radical (unpaired) electrons. The zero-order valence-corrected chi connectivity index (χ0v) is 15.8. The third-order valence-corrected chi connectivity index (χ3v) is 4.02. The number of aryl methyl sites for hydroxylation is 1. The van der Waals surface area contributed by atoms with Crippen LogP contribution < -0.4 is 10.2 Å². The number of benzene rings is 2. The summed E-state index contributed by atoms with van der Waals surface area (Å²) in [5, 5.41) is 15.3. The van der Waals surface area contributed by atoms with Crippen LogP contribution in [0.1, 0.15) is 30.9 Å². The molecular weight excluding hydrogens is 370 g/mol. The SMILES string of the molecule is CC(=NNC(=O)CCCOc1ccc(Cl)cc1C)c1ccc([N+](=O)[O-])cc1. The Hall–Kier alpha value is -2.93. The van der Waals surface area contributed by atoms with Crippen molar-refractivity contribution in [3.05, 3.63) is 68.7 Å².